The summed E-state index contributed by atoms with van der Waals surface area (Å²) in [5.41, 5.74) is -0.841. The van der Waals surface area contributed by atoms with Crippen LogP contribution in [0.4, 0.5) is 4.39 Å². The number of fused-ring (bicyclic) bond motifs is 1. The number of hydrogen-bond acceptors (Lipinski definition) is 6. The van der Waals surface area contributed by atoms with Gasteiger partial charge in [-0.05, 0) is 25.0 Å². The van der Waals surface area contributed by atoms with Crippen molar-refractivity contribution in [1.82, 2.24) is 24.0 Å². The van der Waals surface area contributed by atoms with Crippen molar-refractivity contribution in [2.75, 3.05) is 18.8 Å². The second-order valence-electron chi connectivity index (χ2n) is 7.11. The lowest BCUT2D eigenvalue weighted by atomic mass is 10.2. The summed E-state index contributed by atoms with van der Waals surface area (Å²) in [6.07, 6.45) is 1.96. The minimum absolute atomic E-state index is 0.0432. The first-order chi connectivity index (χ1) is 14.4. The molecule has 0 N–H and O–H groups in total. The molecule has 3 heterocycles. The molecule has 4 rings (SSSR count). The van der Waals surface area contributed by atoms with Crippen LogP contribution in [0, 0.1) is 5.82 Å². The third-order valence-electron chi connectivity index (χ3n) is 5.17. The van der Waals surface area contributed by atoms with Gasteiger partial charge in [-0.2, -0.15) is 0 Å². The van der Waals surface area contributed by atoms with E-state index in [0.717, 1.165) is 42.3 Å². The summed E-state index contributed by atoms with van der Waals surface area (Å²) >= 11 is 1.10. The van der Waals surface area contributed by atoms with Crippen LogP contribution in [0.15, 0.2) is 38.9 Å². The van der Waals surface area contributed by atoms with E-state index in [4.69, 9.17) is 0 Å². The summed E-state index contributed by atoms with van der Waals surface area (Å²) in [5, 5.41) is 0.390. The predicted octanol–water partition coefficient (Wildman–Crippen LogP) is 1.55. The van der Waals surface area contributed by atoms with E-state index < -0.39 is 17.1 Å². The van der Waals surface area contributed by atoms with Gasteiger partial charge in [-0.3, -0.25) is 18.7 Å². The first kappa shape index (κ1) is 20.3. The number of carbonyl (C=O) groups is 1. The van der Waals surface area contributed by atoms with Gasteiger partial charge < -0.3 is 4.90 Å². The highest BCUT2D eigenvalue weighted by molar-refractivity contribution is 8.00. The number of halogens is 1. The second kappa shape index (κ2) is 8.02. The molecule has 3 aromatic rings. The van der Waals surface area contributed by atoms with Crippen molar-refractivity contribution >= 4 is 28.7 Å². The molecule has 1 aliphatic rings. The Labute approximate surface area is 175 Å². The number of hydrogen-bond donors (Lipinski definition) is 0. The van der Waals surface area contributed by atoms with Crippen LogP contribution in [0.25, 0.3) is 22.4 Å². The molecule has 30 heavy (non-hydrogen) atoms. The van der Waals surface area contributed by atoms with Gasteiger partial charge in [0, 0.05) is 27.2 Å². The molecule has 1 aliphatic heterocycles. The lowest BCUT2D eigenvalue weighted by Gasteiger charge is -2.15. The molecule has 156 valence electrons. The van der Waals surface area contributed by atoms with Crippen molar-refractivity contribution in [1.29, 1.82) is 0 Å². The highest BCUT2D eigenvalue weighted by Crippen LogP contribution is 2.27. The Morgan fingerprint density at radius 3 is 2.50 bits per heavy atom. The maximum absolute atomic E-state index is 14.4. The maximum Gasteiger partial charge on any atom is 0.332 e. The van der Waals surface area contributed by atoms with Crippen molar-refractivity contribution in [3.05, 3.63) is 50.9 Å². The van der Waals surface area contributed by atoms with Crippen molar-refractivity contribution in [2.24, 2.45) is 14.1 Å². The number of thioether (sulfide) groups is 1. The van der Waals surface area contributed by atoms with Crippen LogP contribution in [0.2, 0.25) is 0 Å². The number of aryl methyl sites for hydroxylation is 1. The molecule has 0 atom stereocenters. The number of aromatic nitrogens is 4. The van der Waals surface area contributed by atoms with Crippen molar-refractivity contribution in [3.63, 3.8) is 0 Å². The van der Waals surface area contributed by atoms with Gasteiger partial charge in [0.1, 0.15) is 16.2 Å². The molecule has 8 nitrogen and oxygen atoms in total. The topological polar surface area (TPSA) is 90.1 Å². The second-order valence-corrected chi connectivity index (χ2v) is 8.08. The van der Waals surface area contributed by atoms with Crippen LogP contribution >= 0.6 is 11.8 Å². The van der Waals surface area contributed by atoms with Gasteiger partial charge in [0.05, 0.1) is 11.3 Å². The van der Waals surface area contributed by atoms with E-state index in [1.54, 1.807) is 17.0 Å². The monoisotopic (exact) mass is 429 g/mol. The van der Waals surface area contributed by atoms with Crippen LogP contribution in [0.1, 0.15) is 12.8 Å². The highest BCUT2D eigenvalue weighted by Gasteiger charge is 2.22. The van der Waals surface area contributed by atoms with Crippen LogP contribution < -0.4 is 11.2 Å². The molecule has 1 amide bonds. The van der Waals surface area contributed by atoms with E-state index in [1.165, 1.54) is 30.8 Å². The molecule has 0 aliphatic carbocycles. The summed E-state index contributed by atoms with van der Waals surface area (Å²) in [5.74, 6) is -0.414. The summed E-state index contributed by atoms with van der Waals surface area (Å²) in [4.78, 5) is 48.2. The van der Waals surface area contributed by atoms with E-state index >= 15 is 0 Å². The molecule has 0 spiro atoms. The molecule has 1 aromatic carbocycles. The molecule has 2 aromatic heterocycles. The van der Waals surface area contributed by atoms with Gasteiger partial charge in [0.25, 0.3) is 5.56 Å². The van der Waals surface area contributed by atoms with E-state index in [2.05, 4.69) is 9.97 Å². The Balaban J connectivity index is 1.87. The molecular formula is C20H20FN5O3S. The quantitative estimate of drug-likeness (QED) is 0.462. The lowest BCUT2D eigenvalue weighted by Crippen LogP contribution is -2.37. The predicted molar refractivity (Wildman–Crippen MR) is 112 cm³/mol. The minimum atomic E-state index is -0.552. The molecule has 1 saturated heterocycles. The molecular weight excluding hydrogens is 409 g/mol. The fourth-order valence-electron chi connectivity index (χ4n) is 3.48. The Hall–Kier alpha value is -3.01. The zero-order valence-electron chi connectivity index (χ0n) is 16.6. The third kappa shape index (κ3) is 3.51. The van der Waals surface area contributed by atoms with Gasteiger partial charge in [-0.1, -0.05) is 23.9 Å². The average molecular weight is 429 g/mol. The van der Waals surface area contributed by atoms with Crippen molar-refractivity contribution in [2.45, 2.75) is 17.9 Å². The first-order valence-electron chi connectivity index (χ1n) is 9.51. The number of carbonyl (C=O) groups excluding carboxylic acids is 1. The molecule has 1 fully saturated rings. The number of likely N-dealkylation sites (tertiary alicyclic amines) is 1. The highest BCUT2D eigenvalue weighted by atomic mass is 32.2. The van der Waals surface area contributed by atoms with Gasteiger partial charge in [-0.25, -0.2) is 19.2 Å². The fourth-order valence-corrected chi connectivity index (χ4v) is 4.40. The summed E-state index contributed by atoms with van der Waals surface area (Å²) < 4.78 is 16.6. The Kier molecular flexibility index (Phi) is 5.42. The van der Waals surface area contributed by atoms with E-state index in [-0.39, 0.29) is 39.1 Å². The van der Waals surface area contributed by atoms with E-state index in [9.17, 15) is 18.8 Å². The SMILES string of the molecule is Cn1c(=O)c2c(SCC(=O)N3CCCC3)nc(-c3ccccc3F)nc2n(C)c1=O. The van der Waals surface area contributed by atoms with Crippen molar-refractivity contribution in [3.8, 4) is 11.4 Å². The average Bonchev–Trinajstić information content (AvgIpc) is 3.29. The third-order valence-corrected chi connectivity index (χ3v) is 6.13. The normalized spacial score (nSPS) is 13.9. The maximum atomic E-state index is 14.4. The molecule has 0 unspecified atom stereocenters. The van der Waals surface area contributed by atoms with Gasteiger partial charge >= 0.3 is 5.69 Å². The van der Waals surface area contributed by atoms with Crippen molar-refractivity contribution < 1.29 is 9.18 Å². The number of rotatable bonds is 4. The largest absolute Gasteiger partial charge is 0.342 e. The number of nitrogens with zero attached hydrogens (tertiary/aromatic N) is 5. The minimum Gasteiger partial charge on any atom is -0.342 e. The zero-order valence-corrected chi connectivity index (χ0v) is 17.4. The van der Waals surface area contributed by atoms with Crippen LogP contribution in [0.5, 0.6) is 0 Å². The summed E-state index contributed by atoms with van der Waals surface area (Å²) in [7, 11) is 2.87. The molecule has 0 radical (unpaired) electrons. The summed E-state index contributed by atoms with van der Waals surface area (Å²) in [6, 6.07) is 6.02. The van der Waals surface area contributed by atoms with E-state index in [0.29, 0.717) is 0 Å². The van der Waals surface area contributed by atoms with E-state index in [1.807, 2.05) is 0 Å². The van der Waals surface area contributed by atoms with Crippen LogP contribution in [-0.2, 0) is 18.9 Å². The Morgan fingerprint density at radius 2 is 1.80 bits per heavy atom. The van der Waals surface area contributed by atoms with Crippen LogP contribution in [0.3, 0.4) is 0 Å². The first-order valence-corrected chi connectivity index (χ1v) is 10.5. The lowest BCUT2D eigenvalue weighted by molar-refractivity contribution is -0.127. The van der Waals surface area contributed by atoms with Gasteiger partial charge in [0.15, 0.2) is 11.5 Å². The number of amides is 1. The van der Waals surface area contributed by atoms with Gasteiger partial charge in [-0.15, -0.1) is 0 Å². The Morgan fingerprint density at radius 1 is 1.10 bits per heavy atom. The standard InChI is InChI=1S/C20H20FN5O3S/c1-24-17-15(19(28)25(2)20(24)29)18(30-11-14(27)26-9-5-6-10-26)23-16(22-17)12-7-3-4-8-13(12)21/h3-4,7-8H,5-6,9-11H2,1-2H3. The Bertz CT molecular complexity index is 1260. The molecule has 10 heteroatoms. The number of benzene rings is 1. The zero-order chi connectivity index (χ0) is 21.4. The summed E-state index contributed by atoms with van der Waals surface area (Å²) in [6.45, 7) is 1.45. The smallest absolute Gasteiger partial charge is 0.332 e. The fraction of sp³-hybridized carbons (Fsp3) is 0.350. The molecule has 0 bridgehead atoms. The van der Waals surface area contributed by atoms with Gasteiger partial charge in [0.2, 0.25) is 5.91 Å². The molecule has 0 saturated carbocycles. The van der Waals surface area contributed by atoms with Crippen LogP contribution in [-0.4, -0.2) is 48.8 Å².